The topological polar surface area (TPSA) is 76.2 Å². The minimum atomic E-state index is -0.184. The number of hydrogen-bond donors (Lipinski definition) is 2. The molecule has 0 aliphatic rings. The Morgan fingerprint density at radius 3 is 2.73 bits per heavy atom. The molecule has 0 saturated heterocycles. The first kappa shape index (κ1) is 22.5. The monoisotopic (exact) mass is 459 g/mol. The summed E-state index contributed by atoms with van der Waals surface area (Å²) in [5.74, 6) is 1.10. The molecule has 4 rings (SSSR count). The van der Waals surface area contributed by atoms with Gasteiger partial charge in [0.15, 0.2) is 11.5 Å². The second-order valence-electron chi connectivity index (χ2n) is 7.30. The molecule has 0 atom stereocenters. The predicted molar refractivity (Wildman–Crippen MR) is 134 cm³/mol. The summed E-state index contributed by atoms with van der Waals surface area (Å²) in [4.78, 5) is 21.4. The van der Waals surface area contributed by atoms with E-state index in [1.165, 1.54) is 11.0 Å². The van der Waals surface area contributed by atoms with Crippen LogP contribution in [-0.4, -0.2) is 36.4 Å². The molecule has 0 radical (unpaired) electrons. The molecule has 0 unspecified atom stereocenters. The Hall–Kier alpha value is -3.71. The van der Waals surface area contributed by atoms with Gasteiger partial charge < -0.3 is 19.8 Å². The molecule has 2 N–H and O–H groups in total. The SMILES string of the molecule is COc1ccc(CNC(=O)/C=C/c2c[nH]c3ncc(-c4ccccc4SC)cc23)cc1OC. The summed E-state index contributed by atoms with van der Waals surface area (Å²) in [7, 11) is 3.18. The highest BCUT2D eigenvalue weighted by molar-refractivity contribution is 7.98. The highest BCUT2D eigenvalue weighted by atomic mass is 32.2. The number of ether oxygens (including phenoxy) is 2. The van der Waals surface area contributed by atoms with E-state index in [1.54, 1.807) is 32.1 Å². The summed E-state index contributed by atoms with van der Waals surface area (Å²) in [6.45, 7) is 0.384. The number of H-pyrrole nitrogens is 1. The molecule has 7 heteroatoms. The molecule has 2 aromatic heterocycles. The Kier molecular flexibility index (Phi) is 7.00. The van der Waals surface area contributed by atoms with Crippen molar-refractivity contribution in [1.82, 2.24) is 15.3 Å². The summed E-state index contributed by atoms with van der Waals surface area (Å²) in [5.41, 5.74) is 4.79. The van der Waals surface area contributed by atoms with Crippen LogP contribution in [0.25, 0.3) is 28.2 Å². The lowest BCUT2D eigenvalue weighted by Gasteiger charge is -2.09. The lowest BCUT2D eigenvalue weighted by atomic mass is 10.1. The number of carbonyl (C=O) groups excluding carboxylic acids is 1. The minimum absolute atomic E-state index is 0.184. The summed E-state index contributed by atoms with van der Waals surface area (Å²) in [6.07, 6.45) is 9.13. The van der Waals surface area contributed by atoms with Gasteiger partial charge in [0.2, 0.25) is 5.91 Å². The van der Waals surface area contributed by atoms with E-state index in [4.69, 9.17) is 9.47 Å². The van der Waals surface area contributed by atoms with Gasteiger partial charge in [-0.2, -0.15) is 0 Å². The number of methoxy groups -OCH3 is 2. The zero-order valence-corrected chi connectivity index (χ0v) is 19.5. The molecule has 168 valence electrons. The highest BCUT2D eigenvalue weighted by Crippen LogP contribution is 2.32. The molecule has 6 nitrogen and oxygen atoms in total. The van der Waals surface area contributed by atoms with Crippen LogP contribution in [0.5, 0.6) is 11.5 Å². The third-order valence-corrected chi connectivity index (χ3v) is 6.11. The van der Waals surface area contributed by atoms with Crippen LogP contribution in [0.2, 0.25) is 0 Å². The van der Waals surface area contributed by atoms with Crippen LogP contribution >= 0.6 is 11.8 Å². The second-order valence-corrected chi connectivity index (χ2v) is 8.15. The molecule has 1 amide bonds. The zero-order valence-electron chi connectivity index (χ0n) is 18.7. The van der Waals surface area contributed by atoms with Gasteiger partial charge in [0, 0.05) is 46.4 Å². The number of pyridine rings is 1. The summed E-state index contributed by atoms with van der Waals surface area (Å²) >= 11 is 1.71. The summed E-state index contributed by atoms with van der Waals surface area (Å²) < 4.78 is 10.6. The molecular weight excluding hydrogens is 434 g/mol. The molecule has 2 heterocycles. The van der Waals surface area contributed by atoms with Crippen molar-refractivity contribution in [3.63, 3.8) is 0 Å². The maximum Gasteiger partial charge on any atom is 0.244 e. The number of aromatic amines is 1. The molecule has 0 aliphatic carbocycles. The number of aromatic nitrogens is 2. The van der Waals surface area contributed by atoms with E-state index in [9.17, 15) is 4.79 Å². The number of thioether (sulfide) groups is 1. The molecule has 0 saturated carbocycles. The Balaban J connectivity index is 1.49. The Labute approximate surface area is 197 Å². The van der Waals surface area contributed by atoms with Gasteiger partial charge in [-0.1, -0.05) is 24.3 Å². The van der Waals surface area contributed by atoms with Gasteiger partial charge in [0.05, 0.1) is 14.2 Å². The van der Waals surface area contributed by atoms with Gasteiger partial charge in [0.25, 0.3) is 0 Å². The van der Waals surface area contributed by atoms with E-state index in [0.29, 0.717) is 18.0 Å². The van der Waals surface area contributed by atoms with Crippen LogP contribution < -0.4 is 14.8 Å². The van der Waals surface area contributed by atoms with Crippen LogP contribution in [0, 0.1) is 0 Å². The number of amides is 1. The van der Waals surface area contributed by atoms with Crippen molar-refractivity contribution in [3.05, 3.63) is 78.1 Å². The highest BCUT2D eigenvalue weighted by Gasteiger charge is 2.09. The van der Waals surface area contributed by atoms with Crippen molar-refractivity contribution in [2.75, 3.05) is 20.5 Å². The van der Waals surface area contributed by atoms with Gasteiger partial charge in [0.1, 0.15) is 5.65 Å². The van der Waals surface area contributed by atoms with Gasteiger partial charge in [-0.15, -0.1) is 11.8 Å². The molecule has 2 aromatic carbocycles. The van der Waals surface area contributed by atoms with Crippen molar-refractivity contribution in [3.8, 4) is 22.6 Å². The van der Waals surface area contributed by atoms with E-state index < -0.39 is 0 Å². The zero-order chi connectivity index (χ0) is 23.2. The summed E-state index contributed by atoms with van der Waals surface area (Å²) in [5, 5.41) is 3.86. The third-order valence-electron chi connectivity index (χ3n) is 5.31. The predicted octanol–water partition coefficient (Wildman–Crippen LogP) is 5.30. The molecular formula is C26H25N3O3S. The number of carbonyl (C=O) groups is 1. The van der Waals surface area contributed by atoms with E-state index in [1.807, 2.05) is 42.7 Å². The number of fused-ring (bicyclic) bond motifs is 1. The molecule has 0 aliphatic heterocycles. The molecule has 4 aromatic rings. The average Bonchev–Trinajstić information content (AvgIpc) is 3.28. The standard InChI is InChI=1S/C26H25N3O3S/c1-31-22-10-8-17(12-23(22)32-2)14-27-25(30)11-9-18-15-28-26-21(18)13-19(16-29-26)20-6-4-5-7-24(20)33-3/h4-13,15-16H,14H2,1-3H3,(H,27,30)(H,28,29)/b11-9+. The maximum absolute atomic E-state index is 12.4. The van der Waals surface area contributed by atoms with Crippen LogP contribution in [0.1, 0.15) is 11.1 Å². The van der Waals surface area contributed by atoms with Crippen LogP contribution in [0.4, 0.5) is 0 Å². The third kappa shape index (κ3) is 5.04. The van der Waals surface area contributed by atoms with Crippen molar-refractivity contribution in [2.45, 2.75) is 11.4 Å². The smallest absolute Gasteiger partial charge is 0.244 e. The van der Waals surface area contributed by atoms with Crippen LogP contribution in [0.3, 0.4) is 0 Å². The largest absolute Gasteiger partial charge is 0.493 e. The Morgan fingerprint density at radius 1 is 1.12 bits per heavy atom. The number of nitrogens with one attached hydrogen (secondary N) is 2. The first-order valence-electron chi connectivity index (χ1n) is 10.4. The van der Waals surface area contributed by atoms with Gasteiger partial charge in [-0.05, 0) is 47.7 Å². The molecule has 33 heavy (non-hydrogen) atoms. The average molecular weight is 460 g/mol. The lowest BCUT2D eigenvalue weighted by Crippen LogP contribution is -2.20. The number of benzene rings is 2. The normalized spacial score (nSPS) is 11.1. The fourth-order valence-corrected chi connectivity index (χ4v) is 4.22. The van der Waals surface area contributed by atoms with Gasteiger partial charge >= 0.3 is 0 Å². The number of rotatable bonds is 8. The second kappa shape index (κ2) is 10.3. The van der Waals surface area contributed by atoms with Crippen molar-refractivity contribution >= 4 is 34.8 Å². The van der Waals surface area contributed by atoms with E-state index in [2.05, 4.69) is 39.7 Å². The molecule has 0 bridgehead atoms. The summed E-state index contributed by atoms with van der Waals surface area (Å²) in [6, 6.07) is 15.9. The van der Waals surface area contributed by atoms with Crippen molar-refractivity contribution in [2.24, 2.45) is 0 Å². The molecule has 0 spiro atoms. The lowest BCUT2D eigenvalue weighted by molar-refractivity contribution is -0.116. The number of hydrogen-bond acceptors (Lipinski definition) is 5. The number of nitrogens with zero attached hydrogens (tertiary/aromatic N) is 1. The van der Waals surface area contributed by atoms with Gasteiger partial charge in [-0.3, -0.25) is 4.79 Å². The van der Waals surface area contributed by atoms with Crippen LogP contribution in [0.15, 0.2) is 71.9 Å². The first-order chi connectivity index (χ1) is 16.1. The van der Waals surface area contributed by atoms with E-state index in [0.717, 1.165) is 33.3 Å². The van der Waals surface area contributed by atoms with Crippen molar-refractivity contribution < 1.29 is 14.3 Å². The van der Waals surface area contributed by atoms with Crippen LogP contribution in [-0.2, 0) is 11.3 Å². The maximum atomic E-state index is 12.4. The first-order valence-corrected chi connectivity index (χ1v) is 11.6. The van der Waals surface area contributed by atoms with E-state index in [-0.39, 0.29) is 5.91 Å². The minimum Gasteiger partial charge on any atom is -0.493 e. The van der Waals surface area contributed by atoms with Gasteiger partial charge in [-0.25, -0.2) is 4.98 Å². The molecule has 0 fully saturated rings. The fraction of sp³-hybridized carbons (Fsp3) is 0.154. The Bertz CT molecular complexity index is 1310. The van der Waals surface area contributed by atoms with E-state index >= 15 is 0 Å². The Morgan fingerprint density at radius 2 is 1.94 bits per heavy atom. The quantitative estimate of drug-likeness (QED) is 0.276. The fourth-order valence-electron chi connectivity index (χ4n) is 3.60. The van der Waals surface area contributed by atoms with Crippen molar-refractivity contribution in [1.29, 1.82) is 0 Å².